The van der Waals surface area contributed by atoms with Gasteiger partial charge in [-0.3, -0.25) is 0 Å². The SMILES string of the molecule is CCN(c1ccc(CO)cc1F)C1CC1. The molecule has 1 aromatic carbocycles. The van der Waals surface area contributed by atoms with Crippen molar-refractivity contribution in [2.24, 2.45) is 0 Å². The van der Waals surface area contributed by atoms with Gasteiger partial charge in [0.1, 0.15) is 5.82 Å². The summed E-state index contributed by atoms with van der Waals surface area (Å²) in [6.07, 6.45) is 2.32. The molecule has 0 heterocycles. The van der Waals surface area contributed by atoms with Crippen molar-refractivity contribution in [3.05, 3.63) is 29.6 Å². The van der Waals surface area contributed by atoms with Gasteiger partial charge < -0.3 is 10.0 Å². The average Bonchev–Trinajstić information content (AvgIpc) is 3.05. The van der Waals surface area contributed by atoms with Crippen LogP contribution in [-0.2, 0) is 6.61 Å². The Morgan fingerprint density at radius 3 is 2.67 bits per heavy atom. The highest BCUT2D eigenvalue weighted by atomic mass is 19.1. The molecule has 1 saturated carbocycles. The minimum atomic E-state index is -0.227. The molecule has 2 rings (SSSR count). The molecule has 1 aromatic rings. The molecule has 0 bridgehead atoms. The zero-order valence-electron chi connectivity index (χ0n) is 8.91. The summed E-state index contributed by atoms with van der Waals surface area (Å²) in [5, 5.41) is 8.89. The van der Waals surface area contributed by atoms with E-state index in [4.69, 9.17) is 5.11 Å². The van der Waals surface area contributed by atoms with Crippen LogP contribution in [-0.4, -0.2) is 17.7 Å². The highest BCUT2D eigenvalue weighted by molar-refractivity contribution is 5.51. The van der Waals surface area contributed by atoms with Gasteiger partial charge in [-0.05, 0) is 37.5 Å². The van der Waals surface area contributed by atoms with Gasteiger partial charge in [-0.2, -0.15) is 0 Å². The van der Waals surface area contributed by atoms with Crippen molar-refractivity contribution >= 4 is 5.69 Å². The Labute approximate surface area is 89.3 Å². The number of benzene rings is 1. The van der Waals surface area contributed by atoms with E-state index in [2.05, 4.69) is 4.90 Å². The van der Waals surface area contributed by atoms with E-state index in [1.165, 1.54) is 6.07 Å². The van der Waals surface area contributed by atoms with Gasteiger partial charge in [0, 0.05) is 12.6 Å². The fraction of sp³-hybridized carbons (Fsp3) is 0.500. The number of hydrogen-bond donors (Lipinski definition) is 1. The van der Waals surface area contributed by atoms with E-state index in [1.54, 1.807) is 12.1 Å². The Morgan fingerprint density at radius 1 is 1.47 bits per heavy atom. The molecular weight excluding hydrogens is 193 g/mol. The largest absolute Gasteiger partial charge is 0.392 e. The van der Waals surface area contributed by atoms with Crippen LogP contribution in [0.5, 0.6) is 0 Å². The molecule has 0 radical (unpaired) electrons. The Bertz CT molecular complexity index is 349. The van der Waals surface area contributed by atoms with Crippen LogP contribution < -0.4 is 4.90 Å². The van der Waals surface area contributed by atoms with E-state index in [9.17, 15) is 4.39 Å². The number of anilines is 1. The predicted molar refractivity (Wildman–Crippen MR) is 58.4 cm³/mol. The highest BCUT2D eigenvalue weighted by Gasteiger charge is 2.29. The quantitative estimate of drug-likeness (QED) is 0.822. The monoisotopic (exact) mass is 209 g/mol. The molecule has 1 N–H and O–H groups in total. The average molecular weight is 209 g/mol. The molecule has 2 nitrogen and oxygen atoms in total. The highest BCUT2D eigenvalue weighted by Crippen LogP contribution is 2.33. The first-order chi connectivity index (χ1) is 7.26. The number of aliphatic hydroxyl groups excluding tert-OH is 1. The molecule has 0 atom stereocenters. The summed E-state index contributed by atoms with van der Waals surface area (Å²) < 4.78 is 13.7. The fourth-order valence-corrected chi connectivity index (χ4v) is 1.89. The van der Waals surface area contributed by atoms with E-state index in [-0.39, 0.29) is 12.4 Å². The molecular formula is C12H16FNO. The van der Waals surface area contributed by atoms with Crippen molar-refractivity contribution < 1.29 is 9.50 Å². The zero-order chi connectivity index (χ0) is 10.8. The molecule has 0 amide bonds. The second-order valence-corrected chi connectivity index (χ2v) is 3.96. The molecule has 0 unspecified atom stereocenters. The fourth-order valence-electron chi connectivity index (χ4n) is 1.89. The van der Waals surface area contributed by atoms with Crippen LogP contribution >= 0.6 is 0 Å². The topological polar surface area (TPSA) is 23.5 Å². The van der Waals surface area contributed by atoms with Gasteiger partial charge in [0.15, 0.2) is 0 Å². The lowest BCUT2D eigenvalue weighted by Crippen LogP contribution is -2.26. The maximum atomic E-state index is 13.7. The number of hydrogen-bond acceptors (Lipinski definition) is 2. The first-order valence-electron chi connectivity index (χ1n) is 5.42. The van der Waals surface area contributed by atoms with Gasteiger partial charge in [-0.1, -0.05) is 6.07 Å². The first-order valence-corrected chi connectivity index (χ1v) is 5.42. The molecule has 1 fully saturated rings. The van der Waals surface area contributed by atoms with E-state index >= 15 is 0 Å². The van der Waals surface area contributed by atoms with Gasteiger partial charge in [0.2, 0.25) is 0 Å². The van der Waals surface area contributed by atoms with Crippen LogP contribution in [0.15, 0.2) is 18.2 Å². The number of nitrogens with zero attached hydrogens (tertiary/aromatic N) is 1. The van der Waals surface area contributed by atoms with Crippen molar-refractivity contribution in [3.8, 4) is 0 Å². The summed E-state index contributed by atoms with van der Waals surface area (Å²) in [6, 6.07) is 5.48. The van der Waals surface area contributed by atoms with Crippen LogP contribution in [0.3, 0.4) is 0 Å². The van der Waals surface area contributed by atoms with Gasteiger partial charge in [-0.25, -0.2) is 4.39 Å². The molecule has 3 heteroatoms. The standard InChI is InChI=1S/C12H16FNO/c1-2-14(10-4-5-10)12-6-3-9(8-15)7-11(12)13/h3,6-7,10,15H,2,4-5,8H2,1H3. The van der Waals surface area contributed by atoms with Crippen LogP contribution in [0.1, 0.15) is 25.3 Å². The van der Waals surface area contributed by atoms with Crippen molar-refractivity contribution in [1.82, 2.24) is 0 Å². The smallest absolute Gasteiger partial charge is 0.146 e. The molecule has 1 aliphatic rings. The molecule has 0 spiro atoms. The summed E-state index contributed by atoms with van der Waals surface area (Å²) in [6.45, 7) is 2.77. The number of halogens is 1. The summed E-state index contributed by atoms with van der Waals surface area (Å²) in [7, 11) is 0. The van der Waals surface area contributed by atoms with Gasteiger partial charge in [-0.15, -0.1) is 0 Å². The lowest BCUT2D eigenvalue weighted by atomic mass is 10.2. The van der Waals surface area contributed by atoms with Crippen molar-refractivity contribution in [2.75, 3.05) is 11.4 Å². The van der Waals surface area contributed by atoms with Crippen LogP contribution in [0.4, 0.5) is 10.1 Å². The first kappa shape index (κ1) is 10.4. The van der Waals surface area contributed by atoms with E-state index < -0.39 is 0 Å². The Kier molecular flexibility index (Phi) is 2.91. The molecule has 0 aliphatic heterocycles. The minimum Gasteiger partial charge on any atom is -0.392 e. The molecule has 15 heavy (non-hydrogen) atoms. The van der Waals surface area contributed by atoms with Crippen molar-refractivity contribution in [3.63, 3.8) is 0 Å². The number of aliphatic hydroxyl groups is 1. The Hall–Kier alpha value is -1.09. The third-order valence-corrected chi connectivity index (χ3v) is 2.83. The van der Waals surface area contributed by atoms with E-state index in [0.29, 0.717) is 17.3 Å². The molecule has 0 saturated heterocycles. The second kappa shape index (κ2) is 4.19. The van der Waals surface area contributed by atoms with Gasteiger partial charge in [0.25, 0.3) is 0 Å². The third kappa shape index (κ3) is 2.12. The van der Waals surface area contributed by atoms with Gasteiger partial charge >= 0.3 is 0 Å². The van der Waals surface area contributed by atoms with Gasteiger partial charge in [0.05, 0.1) is 12.3 Å². The van der Waals surface area contributed by atoms with Crippen molar-refractivity contribution in [2.45, 2.75) is 32.4 Å². The zero-order valence-corrected chi connectivity index (χ0v) is 8.91. The lowest BCUT2D eigenvalue weighted by Gasteiger charge is -2.23. The second-order valence-electron chi connectivity index (χ2n) is 3.96. The number of rotatable bonds is 4. The third-order valence-electron chi connectivity index (χ3n) is 2.83. The summed E-state index contributed by atoms with van der Waals surface area (Å²) >= 11 is 0. The predicted octanol–water partition coefficient (Wildman–Crippen LogP) is 2.31. The summed E-state index contributed by atoms with van der Waals surface area (Å²) in [5.74, 6) is -0.227. The van der Waals surface area contributed by atoms with E-state index in [0.717, 1.165) is 19.4 Å². The Balaban J connectivity index is 2.26. The Morgan fingerprint density at radius 2 is 2.20 bits per heavy atom. The van der Waals surface area contributed by atoms with Crippen LogP contribution in [0.2, 0.25) is 0 Å². The minimum absolute atomic E-state index is 0.104. The van der Waals surface area contributed by atoms with Crippen LogP contribution in [0, 0.1) is 5.82 Å². The maximum Gasteiger partial charge on any atom is 0.146 e. The maximum absolute atomic E-state index is 13.7. The lowest BCUT2D eigenvalue weighted by molar-refractivity contribution is 0.281. The summed E-state index contributed by atoms with van der Waals surface area (Å²) in [5.41, 5.74) is 1.29. The summed E-state index contributed by atoms with van der Waals surface area (Å²) in [4.78, 5) is 2.09. The normalized spacial score (nSPS) is 15.4. The van der Waals surface area contributed by atoms with E-state index in [1.807, 2.05) is 6.92 Å². The molecule has 0 aromatic heterocycles. The molecule has 1 aliphatic carbocycles. The van der Waals surface area contributed by atoms with Crippen molar-refractivity contribution in [1.29, 1.82) is 0 Å². The van der Waals surface area contributed by atoms with Crippen LogP contribution in [0.25, 0.3) is 0 Å². The molecule has 82 valence electrons.